The first-order chi connectivity index (χ1) is 15.9. The first kappa shape index (κ1) is 21.6. The van der Waals surface area contributed by atoms with Gasteiger partial charge in [0.15, 0.2) is 5.76 Å². The molecule has 33 heavy (non-hydrogen) atoms. The fraction of sp³-hybridized carbons (Fsp3) is 0.304. The molecule has 0 unspecified atom stereocenters. The molecule has 2 aromatic carbocycles. The number of aromatic nitrogens is 1. The van der Waals surface area contributed by atoms with Crippen molar-refractivity contribution in [1.82, 2.24) is 9.46 Å². The Bertz CT molecular complexity index is 1320. The summed E-state index contributed by atoms with van der Waals surface area (Å²) in [5.74, 6) is 0.230. The van der Waals surface area contributed by atoms with E-state index in [1.54, 1.807) is 29.2 Å². The van der Waals surface area contributed by atoms with Crippen LogP contribution in [0.3, 0.4) is 0 Å². The molecule has 0 spiro atoms. The molecule has 8 nitrogen and oxygen atoms in total. The molecule has 3 heterocycles. The van der Waals surface area contributed by atoms with Crippen molar-refractivity contribution >= 4 is 21.6 Å². The van der Waals surface area contributed by atoms with Crippen LogP contribution in [-0.2, 0) is 27.8 Å². The molecule has 1 fully saturated rings. The summed E-state index contributed by atoms with van der Waals surface area (Å²) in [4.78, 5) is 13.8. The van der Waals surface area contributed by atoms with Crippen LogP contribution in [0.15, 0.2) is 51.9 Å². The van der Waals surface area contributed by atoms with Crippen LogP contribution in [0.5, 0.6) is 5.75 Å². The van der Waals surface area contributed by atoms with Crippen molar-refractivity contribution in [3.05, 3.63) is 59.5 Å². The van der Waals surface area contributed by atoms with Crippen LogP contribution >= 0.6 is 0 Å². The second-order valence-electron chi connectivity index (χ2n) is 8.02. The summed E-state index contributed by atoms with van der Waals surface area (Å²) < 4.78 is 52.9. The van der Waals surface area contributed by atoms with Crippen molar-refractivity contribution in [2.45, 2.75) is 30.7 Å². The molecule has 0 radical (unpaired) electrons. The van der Waals surface area contributed by atoms with E-state index in [1.807, 2.05) is 0 Å². The van der Waals surface area contributed by atoms with Crippen molar-refractivity contribution in [3.8, 4) is 17.1 Å². The fourth-order valence-corrected chi connectivity index (χ4v) is 5.90. The third-order valence-electron chi connectivity index (χ3n) is 6.06. The molecule has 2 aliphatic heterocycles. The maximum Gasteiger partial charge on any atom is 0.247 e. The van der Waals surface area contributed by atoms with Gasteiger partial charge in [-0.25, -0.2) is 12.8 Å². The van der Waals surface area contributed by atoms with Gasteiger partial charge in [-0.2, -0.15) is 4.31 Å². The molecular weight excluding hydrogens is 449 g/mol. The standard InChI is InChI=1S/C23H22FN3O5S/c1-31-20-9-8-17(27-11-2-3-22(27)28)13-21(20)33(29,30)26-12-10-19-18(14-26)23(32-25-19)15-4-6-16(24)7-5-15/h4-9,13H,2-3,10-12,14H2,1H3. The largest absolute Gasteiger partial charge is 0.495 e. The molecule has 3 aromatic rings. The number of ether oxygens (including phenoxy) is 1. The summed E-state index contributed by atoms with van der Waals surface area (Å²) in [6, 6.07) is 10.6. The molecule has 0 bridgehead atoms. The second kappa shape index (κ2) is 8.27. The zero-order valence-corrected chi connectivity index (χ0v) is 18.8. The van der Waals surface area contributed by atoms with Gasteiger partial charge in [0.2, 0.25) is 15.9 Å². The van der Waals surface area contributed by atoms with E-state index in [0.29, 0.717) is 47.7 Å². The Morgan fingerprint density at radius 3 is 2.58 bits per heavy atom. The number of hydrogen-bond donors (Lipinski definition) is 0. The number of carbonyl (C=O) groups excluding carboxylic acids is 1. The molecule has 0 N–H and O–H groups in total. The summed E-state index contributed by atoms with van der Waals surface area (Å²) in [5, 5.41) is 4.09. The smallest absolute Gasteiger partial charge is 0.247 e. The Balaban J connectivity index is 1.50. The summed E-state index contributed by atoms with van der Waals surface area (Å²) >= 11 is 0. The fourth-order valence-electron chi connectivity index (χ4n) is 4.32. The molecule has 172 valence electrons. The lowest BCUT2D eigenvalue weighted by molar-refractivity contribution is -0.117. The minimum absolute atomic E-state index is 0.00503. The van der Waals surface area contributed by atoms with Crippen molar-refractivity contribution < 1.29 is 26.9 Å². The molecular formula is C23H22FN3O5S. The van der Waals surface area contributed by atoms with Gasteiger partial charge in [-0.1, -0.05) is 5.16 Å². The zero-order chi connectivity index (χ0) is 23.2. The van der Waals surface area contributed by atoms with Crippen LogP contribution in [0, 0.1) is 5.82 Å². The molecule has 0 saturated carbocycles. The van der Waals surface area contributed by atoms with E-state index in [2.05, 4.69) is 5.16 Å². The topological polar surface area (TPSA) is 93.0 Å². The van der Waals surface area contributed by atoms with Gasteiger partial charge in [0.05, 0.1) is 12.8 Å². The molecule has 10 heteroatoms. The average molecular weight is 472 g/mol. The number of carbonyl (C=O) groups is 1. The number of benzene rings is 2. The minimum Gasteiger partial charge on any atom is -0.495 e. The Hall–Kier alpha value is -3.24. The highest BCUT2D eigenvalue weighted by atomic mass is 32.2. The molecule has 2 aliphatic rings. The SMILES string of the molecule is COc1ccc(N2CCCC2=O)cc1S(=O)(=O)N1CCc2noc(-c3ccc(F)cc3)c2C1. The summed E-state index contributed by atoms with van der Waals surface area (Å²) in [5.41, 5.74) is 2.49. The third-order valence-corrected chi connectivity index (χ3v) is 7.92. The number of amides is 1. The van der Waals surface area contributed by atoms with Gasteiger partial charge < -0.3 is 14.2 Å². The van der Waals surface area contributed by atoms with E-state index in [4.69, 9.17) is 9.26 Å². The zero-order valence-electron chi connectivity index (χ0n) is 18.0. The maximum absolute atomic E-state index is 13.7. The van der Waals surface area contributed by atoms with Crippen LogP contribution in [0.2, 0.25) is 0 Å². The van der Waals surface area contributed by atoms with E-state index in [-0.39, 0.29) is 35.5 Å². The summed E-state index contributed by atoms with van der Waals surface area (Å²) in [6.45, 7) is 0.837. The van der Waals surface area contributed by atoms with E-state index < -0.39 is 10.0 Å². The maximum atomic E-state index is 13.7. The van der Waals surface area contributed by atoms with Crippen LogP contribution < -0.4 is 9.64 Å². The predicted octanol–water partition coefficient (Wildman–Crippen LogP) is 3.36. The van der Waals surface area contributed by atoms with Gasteiger partial charge in [0.25, 0.3) is 0 Å². The molecule has 1 amide bonds. The Morgan fingerprint density at radius 2 is 1.88 bits per heavy atom. The highest BCUT2D eigenvalue weighted by Gasteiger charge is 2.35. The van der Waals surface area contributed by atoms with Crippen molar-refractivity contribution in [2.75, 3.05) is 25.1 Å². The number of hydrogen-bond acceptors (Lipinski definition) is 6. The van der Waals surface area contributed by atoms with Gasteiger partial charge in [0.1, 0.15) is 16.5 Å². The van der Waals surface area contributed by atoms with Crippen molar-refractivity contribution in [2.24, 2.45) is 0 Å². The van der Waals surface area contributed by atoms with E-state index in [0.717, 1.165) is 6.42 Å². The molecule has 1 saturated heterocycles. The number of rotatable bonds is 5. The Labute approximate surface area is 190 Å². The van der Waals surface area contributed by atoms with E-state index in [1.165, 1.54) is 29.6 Å². The van der Waals surface area contributed by atoms with Crippen LogP contribution in [0.1, 0.15) is 24.1 Å². The van der Waals surface area contributed by atoms with Crippen LogP contribution in [-0.4, -0.2) is 44.0 Å². The first-order valence-electron chi connectivity index (χ1n) is 10.6. The molecule has 0 atom stereocenters. The number of anilines is 1. The van der Waals surface area contributed by atoms with Gasteiger partial charge >= 0.3 is 0 Å². The number of nitrogens with zero attached hydrogens (tertiary/aromatic N) is 3. The van der Waals surface area contributed by atoms with Crippen LogP contribution in [0.25, 0.3) is 11.3 Å². The quantitative estimate of drug-likeness (QED) is 0.567. The monoisotopic (exact) mass is 471 g/mol. The normalized spacial score (nSPS) is 16.8. The van der Waals surface area contributed by atoms with Gasteiger partial charge in [-0.15, -0.1) is 0 Å². The average Bonchev–Trinajstić information content (AvgIpc) is 3.45. The summed E-state index contributed by atoms with van der Waals surface area (Å²) in [6.07, 6.45) is 1.57. The van der Waals surface area contributed by atoms with Crippen molar-refractivity contribution in [3.63, 3.8) is 0 Å². The lowest BCUT2D eigenvalue weighted by atomic mass is 10.0. The van der Waals surface area contributed by atoms with Crippen LogP contribution in [0.4, 0.5) is 10.1 Å². The summed E-state index contributed by atoms with van der Waals surface area (Å²) in [7, 11) is -2.55. The van der Waals surface area contributed by atoms with E-state index in [9.17, 15) is 17.6 Å². The lowest BCUT2D eigenvalue weighted by Crippen LogP contribution is -2.36. The third kappa shape index (κ3) is 3.79. The highest BCUT2D eigenvalue weighted by Crippen LogP contribution is 2.36. The lowest BCUT2D eigenvalue weighted by Gasteiger charge is -2.27. The molecule has 0 aliphatic carbocycles. The molecule has 1 aromatic heterocycles. The van der Waals surface area contributed by atoms with Gasteiger partial charge in [0, 0.05) is 49.3 Å². The predicted molar refractivity (Wildman–Crippen MR) is 118 cm³/mol. The second-order valence-corrected chi connectivity index (χ2v) is 9.92. The minimum atomic E-state index is -3.96. The Morgan fingerprint density at radius 1 is 1.09 bits per heavy atom. The van der Waals surface area contributed by atoms with E-state index >= 15 is 0 Å². The number of fused-ring (bicyclic) bond motifs is 1. The highest BCUT2D eigenvalue weighted by molar-refractivity contribution is 7.89. The van der Waals surface area contributed by atoms with Gasteiger partial charge in [-0.3, -0.25) is 4.79 Å². The van der Waals surface area contributed by atoms with Gasteiger partial charge in [-0.05, 0) is 48.9 Å². The number of halogens is 1. The molecule has 5 rings (SSSR count). The number of sulfonamides is 1. The number of methoxy groups -OCH3 is 1. The Kier molecular flexibility index (Phi) is 5.41. The first-order valence-corrected chi connectivity index (χ1v) is 12.0. The van der Waals surface area contributed by atoms with Crippen molar-refractivity contribution in [1.29, 1.82) is 0 Å².